The standard InChI is InChI=1S/C6H6F3N2O/c1-11-3-4(2-10-11)6(8,9)5(7)12/h3,5,12H,1H3. The third-order valence-electron chi connectivity index (χ3n) is 1.30. The van der Waals surface area contributed by atoms with Gasteiger partial charge in [0.15, 0.2) is 0 Å². The van der Waals surface area contributed by atoms with E-state index >= 15 is 0 Å². The Hall–Kier alpha value is -1.04. The van der Waals surface area contributed by atoms with E-state index in [9.17, 15) is 13.2 Å². The van der Waals surface area contributed by atoms with Crippen LogP contribution in [0.1, 0.15) is 5.56 Å². The average Bonchev–Trinajstić information content (AvgIpc) is 2.35. The molecule has 1 atom stereocenters. The van der Waals surface area contributed by atoms with E-state index in [4.69, 9.17) is 5.11 Å². The minimum atomic E-state index is -3.94. The quantitative estimate of drug-likeness (QED) is 0.721. The van der Waals surface area contributed by atoms with Gasteiger partial charge in [0, 0.05) is 13.2 Å². The molecule has 1 rings (SSSR count). The Bertz CT molecular complexity index is 272. The van der Waals surface area contributed by atoms with Crippen LogP contribution in [0.25, 0.3) is 0 Å². The Morgan fingerprint density at radius 3 is 2.67 bits per heavy atom. The first kappa shape index (κ1) is 9.05. The zero-order valence-corrected chi connectivity index (χ0v) is 6.13. The van der Waals surface area contributed by atoms with E-state index in [1.54, 1.807) is 0 Å². The summed E-state index contributed by atoms with van der Waals surface area (Å²) in [5, 5.41) is 11.4. The summed E-state index contributed by atoms with van der Waals surface area (Å²) in [4.78, 5) is 0. The molecule has 0 aliphatic rings. The number of hydrogen-bond donors (Lipinski definition) is 1. The van der Waals surface area contributed by atoms with Gasteiger partial charge >= 0.3 is 5.92 Å². The fraction of sp³-hybridized carbons (Fsp3) is 0.500. The molecule has 0 fully saturated rings. The predicted octanol–water partition coefficient (Wildman–Crippen LogP) is 0.600. The van der Waals surface area contributed by atoms with E-state index in [1.165, 1.54) is 7.05 Å². The van der Waals surface area contributed by atoms with E-state index < -0.39 is 17.8 Å². The molecule has 0 aromatic carbocycles. The summed E-state index contributed by atoms with van der Waals surface area (Å²) in [6, 6.07) is 0. The zero-order valence-electron chi connectivity index (χ0n) is 6.13. The van der Waals surface area contributed by atoms with Crippen LogP contribution in [0.5, 0.6) is 0 Å². The van der Waals surface area contributed by atoms with Crippen LogP contribution in [-0.2, 0) is 13.0 Å². The van der Waals surface area contributed by atoms with E-state index in [0.29, 0.717) is 0 Å². The van der Waals surface area contributed by atoms with Gasteiger partial charge in [-0.25, -0.2) is 4.39 Å². The van der Waals surface area contributed by atoms with E-state index in [0.717, 1.165) is 10.9 Å². The molecule has 0 spiro atoms. The van der Waals surface area contributed by atoms with Crippen molar-refractivity contribution in [2.45, 2.75) is 12.3 Å². The predicted molar refractivity (Wildman–Crippen MR) is 33.1 cm³/mol. The topological polar surface area (TPSA) is 38.0 Å². The number of nitrogens with zero attached hydrogens (tertiary/aromatic N) is 2. The third-order valence-corrected chi connectivity index (χ3v) is 1.30. The van der Waals surface area contributed by atoms with Gasteiger partial charge in [0.1, 0.15) is 6.20 Å². The Morgan fingerprint density at radius 1 is 1.75 bits per heavy atom. The Morgan fingerprint density at radius 2 is 2.33 bits per heavy atom. The molecule has 67 valence electrons. The molecule has 0 amide bonds. The lowest BCUT2D eigenvalue weighted by Crippen LogP contribution is -2.26. The van der Waals surface area contributed by atoms with Gasteiger partial charge in [-0.1, -0.05) is 0 Å². The van der Waals surface area contributed by atoms with Crippen LogP contribution in [0.4, 0.5) is 13.2 Å². The van der Waals surface area contributed by atoms with Crippen LogP contribution >= 0.6 is 0 Å². The molecule has 1 aromatic heterocycles. The van der Waals surface area contributed by atoms with Crippen LogP contribution < -0.4 is 0 Å². The minimum absolute atomic E-state index is 0.764. The summed E-state index contributed by atoms with van der Waals surface area (Å²) in [6.07, 6.45) is -0.442. The van der Waals surface area contributed by atoms with Crippen molar-refractivity contribution in [2.75, 3.05) is 0 Å². The molecule has 1 aromatic rings. The second-order valence-corrected chi connectivity index (χ2v) is 2.29. The molecular formula is C6H6F3N2O. The first-order valence-corrected chi connectivity index (χ1v) is 3.06. The number of aliphatic hydroxyl groups is 1. The van der Waals surface area contributed by atoms with Gasteiger partial charge in [-0.2, -0.15) is 13.9 Å². The second-order valence-electron chi connectivity index (χ2n) is 2.29. The van der Waals surface area contributed by atoms with Crippen molar-refractivity contribution >= 4 is 0 Å². The molecular weight excluding hydrogens is 173 g/mol. The number of halogens is 3. The molecule has 0 saturated heterocycles. The van der Waals surface area contributed by atoms with Gasteiger partial charge in [-0.15, -0.1) is 0 Å². The summed E-state index contributed by atoms with van der Waals surface area (Å²) < 4.78 is 38.1. The zero-order chi connectivity index (χ0) is 9.35. The summed E-state index contributed by atoms with van der Waals surface area (Å²) in [7, 11) is 1.39. The molecule has 3 nitrogen and oxygen atoms in total. The third kappa shape index (κ3) is 1.42. The van der Waals surface area contributed by atoms with Gasteiger partial charge in [0.25, 0.3) is 6.36 Å². The maximum absolute atomic E-state index is 12.6. The molecule has 0 saturated carbocycles. The lowest BCUT2D eigenvalue weighted by Gasteiger charge is -2.13. The highest BCUT2D eigenvalue weighted by Gasteiger charge is 2.42. The number of hydrogen-bond acceptors (Lipinski definition) is 2. The fourth-order valence-corrected chi connectivity index (χ4v) is 0.666. The SMILES string of the molecule is Cn1cc(C(F)(F)C(O)F)[c]n1. The number of aliphatic hydroxyl groups excluding tert-OH is 1. The molecule has 12 heavy (non-hydrogen) atoms. The number of alkyl halides is 3. The smallest absolute Gasteiger partial charge is 0.331 e. The van der Waals surface area contributed by atoms with E-state index in [2.05, 4.69) is 5.10 Å². The van der Waals surface area contributed by atoms with Crippen molar-refractivity contribution in [3.8, 4) is 0 Å². The van der Waals surface area contributed by atoms with Crippen LogP contribution in [0.2, 0.25) is 0 Å². The lowest BCUT2D eigenvalue weighted by molar-refractivity contribution is -0.175. The molecule has 6 heteroatoms. The van der Waals surface area contributed by atoms with Gasteiger partial charge in [0.2, 0.25) is 0 Å². The monoisotopic (exact) mass is 179 g/mol. The molecule has 1 unspecified atom stereocenters. The van der Waals surface area contributed by atoms with Gasteiger partial charge < -0.3 is 5.11 Å². The van der Waals surface area contributed by atoms with E-state index in [1.807, 2.05) is 6.20 Å². The van der Waals surface area contributed by atoms with Crippen LogP contribution in [0, 0.1) is 6.20 Å². The molecule has 0 aliphatic carbocycles. The summed E-state index contributed by atoms with van der Waals surface area (Å²) >= 11 is 0. The van der Waals surface area contributed by atoms with E-state index in [-0.39, 0.29) is 0 Å². The Labute approximate surface area is 66.4 Å². The van der Waals surface area contributed by atoms with Crippen molar-refractivity contribution < 1.29 is 18.3 Å². The second kappa shape index (κ2) is 2.78. The normalized spacial score (nSPS) is 14.8. The molecule has 1 N–H and O–H groups in total. The van der Waals surface area contributed by atoms with Crippen molar-refractivity contribution in [3.63, 3.8) is 0 Å². The maximum atomic E-state index is 12.6. The van der Waals surface area contributed by atoms with Crippen molar-refractivity contribution in [1.82, 2.24) is 9.78 Å². The Kier molecular flexibility index (Phi) is 2.10. The first-order valence-electron chi connectivity index (χ1n) is 3.06. The first-order chi connectivity index (χ1) is 5.44. The van der Waals surface area contributed by atoms with Gasteiger partial charge in [-0.05, 0) is 0 Å². The summed E-state index contributed by atoms with van der Waals surface area (Å²) in [5.41, 5.74) is -0.764. The van der Waals surface area contributed by atoms with Gasteiger partial charge in [0.05, 0.1) is 5.56 Å². The maximum Gasteiger partial charge on any atom is 0.331 e. The van der Waals surface area contributed by atoms with Crippen LogP contribution in [0.3, 0.4) is 0 Å². The van der Waals surface area contributed by atoms with Crippen LogP contribution in [-0.4, -0.2) is 21.2 Å². The molecule has 1 heterocycles. The highest BCUT2D eigenvalue weighted by molar-refractivity contribution is 5.10. The highest BCUT2D eigenvalue weighted by atomic mass is 19.3. The van der Waals surface area contributed by atoms with Crippen molar-refractivity contribution in [3.05, 3.63) is 18.0 Å². The summed E-state index contributed by atoms with van der Waals surface area (Å²) in [5.74, 6) is -3.94. The molecule has 0 bridgehead atoms. The van der Waals surface area contributed by atoms with Crippen LogP contribution in [0.15, 0.2) is 6.20 Å². The largest absolute Gasteiger partial charge is 0.359 e. The van der Waals surface area contributed by atoms with Crippen molar-refractivity contribution in [1.29, 1.82) is 0 Å². The number of aromatic nitrogens is 2. The number of aryl methyl sites for hydroxylation is 1. The molecule has 1 radical (unpaired) electrons. The fourth-order valence-electron chi connectivity index (χ4n) is 0.666. The summed E-state index contributed by atoms with van der Waals surface area (Å²) in [6.45, 7) is 0. The van der Waals surface area contributed by atoms with Crippen molar-refractivity contribution in [2.24, 2.45) is 7.05 Å². The lowest BCUT2D eigenvalue weighted by atomic mass is 10.2. The Balaban J connectivity index is 2.97. The molecule has 0 aliphatic heterocycles. The van der Waals surface area contributed by atoms with Gasteiger partial charge in [-0.3, -0.25) is 4.68 Å². The minimum Gasteiger partial charge on any atom is -0.359 e. The number of rotatable bonds is 2. The highest BCUT2D eigenvalue weighted by Crippen LogP contribution is 2.31. The average molecular weight is 179 g/mol.